The molecule has 0 bridgehead atoms. The summed E-state index contributed by atoms with van der Waals surface area (Å²) in [6.45, 7) is 4.68. The van der Waals surface area contributed by atoms with Crippen LogP contribution in [-0.4, -0.2) is 0 Å². The summed E-state index contributed by atoms with van der Waals surface area (Å²) < 4.78 is 16.4. The van der Waals surface area contributed by atoms with Crippen LogP contribution in [0.25, 0.3) is 55.3 Å². The van der Waals surface area contributed by atoms with Gasteiger partial charge in [0.15, 0.2) is 0 Å². The summed E-state index contributed by atoms with van der Waals surface area (Å²) in [5, 5.41) is 1.57. The van der Waals surface area contributed by atoms with Crippen molar-refractivity contribution in [2.24, 2.45) is 0 Å². The van der Waals surface area contributed by atoms with Gasteiger partial charge in [-0.2, -0.15) is 0 Å². The topological polar surface area (TPSA) is 3.24 Å². The average molecular weight is 822 g/mol. The van der Waals surface area contributed by atoms with Gasteiger partial charge in [-0.3, -0.25) is 0 Å². The second-order valence-corrected chi connectivity index (χ2v) is 17.8. The Morgan fingerprint density at radius 2 is 0.828 bits per heavy atom. The van der Waals surface area contributed by atoms with Gasteiger partial charge in [0.1, 0.15) is 5.82 Å². The van der Waals surface area contributed by atoms with Gasteiger partial charge in [-0.25, -0.2) is 4.39 Å². The molecule has 0 atom stereocenters. The van der Waals surface area contributed by atoms with Crippen LogP contribution in [0.3, 0.4) is 0 Å². The zero-order valence-corrected chi connectivity index (χ0v) is 35.8. The number of anilines is 3. The molecule has 304 valence electrons. The van der Waals surface area contributed by atoms with Crippen LogP contribution < -0.4 is 4.90 Å². The van der Waals surface area contributed by atoms with Crippen molar-refractivity contribution in [2.45, 2.75) is 24.7 Å². The summed E-state index contributed by atoms with van der Waals surface area (Å²) in [4.78, 5) is 2.38. The number of halogens is 1. The van der Waals surface area contributed by atoms with Gasteiger partial charge in [0.05, 0.1) is 5.41 Å². The highest BCUT2D eigenvalue weighted by Crippen LogP contribution is 2.59. The largest absolute Gasteiger partial charge is 0.310 e. The van der Waals surface area contributed by atoms with E-state index < -0.39 is 5.41 Å². The molecular weight excluding hydrogens is 778 g/mol. The summed E-state index contributed by atoms with van der Waals surface area (Å²) in [6.07, 6.45) is 0. The molecule has 0 aliphatic heterocycles. The zero-order valence-electron chi connectivity index (χ0n) is 35.8. The standard InChI is InChI=1S/C62H44FN/c1-61(2)55-25-15-14-22-50(55)51-37-35-49(39-56(51)61)64(47-31-26-42(27-32-47)41-16-6-3-7-17-41)48-33-28-43(29-34-48)44-30-36-54-57(38-44)62(45-18-8-4-9-19-45,46-20-10-5-11-21-46)58-40-59(63)52-23-12-13-24-53(52)60(54)58/h3-40H,1-2H3. The number of rotatable bonds is 7. The molecule has 0 heterocycles. The maximum absolute atomic E-state index is 16.4. The van der Waals surface area contributed by atoms with E-state index in [1.54, 1.807) is 6.07 Å². The minimum atomic E-state index is -0.738. The van der Waals surface area contributed by atoms with Crippen LogP contribution in [0.2, 0.25) is 0 Å². The number of fused-ring (bicyclic) bond motifs is 8. The Morgan fingerprint density at radius 1 is 0.344 bits per heavy atom. The van der Waals surface area contributed by atoms with E-state index in [9.17, 15) is 0 Å². The maximum Gasteiger partial charge on any atom is 0.131 e. The first-order chi connectivity index (χ1) is 31.4. The van der Waals surface area contributed by atoms with Crippen LogP contribution in [0.1, 0.15) is 47.2 Å². The van der Waals surface area contributed by atoms with Gasteiger partial charge in [0.2, 0.25) is 0 Å². The van der Waals surface area contributed by atoms with Gasteiger partial charge < -0.3 is 4.90 Å². The summed E-state index contributed by atoms with van der Waals surface area (Å²) in [5.41, 5.74) is 18.9. The molecule has 0 saturated heterocycles. The first-order valence-electron chi connectivity index (χ1n) is 22.2. The predicted molar refractivity (Wildman–Crippen MR) is 264 cm³/mol. The van der Waals surface area contributed by atoms with Crippen molar-refractivity contribution in [3.05, 3.63) is 270 Å². The predicted octanol–water partition coefficient (Wildman–Crippen LogP) is 16.5. The van der Waals surface area contributed by atoms with Crippen molar-refractivity contribution in [1.82, 2.24) is 0 Å². The third kappa shape index (κ3) is 5.69. The molecule has 64 heavy (non-hydrogen) atoms. The van der Waals surface area contributed by atoms with Gasteiger partial charge >= 0.3 is 0 Å². The molecule has 10 aromatic rings. The fraction of sp³-hybridized carbons (Fsp3) is 0.0645. The smallest absolute Gasteiger partial charge is 0.131 e. The van der Waals surface area contributed by atoms with Crippen LogP contribution in [0.4, 0.5) is 21.5 Å². The maximum atomic E-state index is 16.4. The van der Waals surface area contributed by atoms with E-state index in [4.69, 9.17) is 0 Å². The van der Waals surface area contributed by atoms with Crippen molar-refractivity contribution in [3.63, 3.8) is 0 Å². The minimum Gasteiger partial charge on any atom is -0.310 e. The summed E-state index contributed by atoms with van der Waals surface area (Å²) in [6, 6.07) is 82.1. The van der Waals surface area contributed by atoms with Gasteiger partial charge in [0.25, 0.3) is 0 Å². The Morgan fingerprint density at radius 3 is 1.48 bits per heavy atom. The van der Waals surface area contributed by atoms with E-state index in [-0.39, 0.29) is 11.2 Å². The molecule has 0 unspecified atom stereocenters. The van der Waals surface area contributed by atoms with Crippen LogP contribution in [0, 0.1) is 5.82 Å². The number of hydrogen-bond acceptors (Lipinski definition) is 1. The lowest BCUT2D eigenvalue weighted by Gasteiger charge is -2.34. The van der Waals surface area contributed by atoms with Crippen molar-refractivity contribution in [3.8, 4) is 44.5 Å². The summed E-state index contributed by atoms with van der Waals surface area (Å²) in [7, 11) is 0. The fourth-order valence-electron chi connectivity index (χ4n) is 11.0. The van der Waals surface area contributed by atoms with Crippen LogP contribution in [0.15, 0.2) is 231 Å². The molecule has 0 fully saturated rings. The van der Waals surface area contributed by atoms with E-state index in [0.29, 0.717) is 5.39 Å². The zero-order chi connectivity index (χ0) is 43.0. The highest BCUT2D eigenvalue weighted by Gasteiger charge is 2.47. The molecule has 2 aliphatic rings. The Bertz CT molecular complexity index is 3350. The van der Waals surface area contributed by atoms with Gasteiger partial charge in [-0.1, -0.05) is 196 Å². The highest BCUT2D eigenvalue weighted by atomic mass is 19.1. The molecule has 0 amide bonds. The van der Waals surface area contributed by atoms with Crippen molar-refractivity contribution < 1.29 is 4.39 Å². The minimum absolute atomic E-state index is 0.130. The monoisotopic (exact) mass is 821 g/mol. The van der Waals surface area contributed by atoms with Crippen molar-refractivity contribution in [1.29, 1.82) is 0 Å². The van der Waals surface area contributed by atoms with Crippen molar-refractivity contribution in [2.75, 3.05) is 4.90 Å². The molecule has 10 aromatic carbocycles. The normalized spacial score (nSPS) is 13.8. The molecule has 2 heteroatoms. The van der Waals surface area contributed by atoms with E-state index >= 15 is 4.39 Å². The summed E-state index contributed by atoms with van der Waals surface area (Å²) >= 11 is 0. The molecule has 12 rings (SSSR count). The van der Waals surface area contributed by atoms with Gasteiger partial charge in [0, 0.05) is 27.9 Å². The van der Waals surface area contributed by atoms with Crippen molar-refractivity contribution >= 4 is 27.8 Å². The molecular formula is C62H44FN. The number of nitrogens with zero attached hydrogens (tertiary/aromatic N) is 1. The number of hydrogen-bond donors (Lipinski definition) is 0. The molecule has 2 aliphatic carbocycles. The lowest BCUT2D eigenvalue weighted by atomic mass is 9.67. The molecule has 0 saturated carbocycles. The van der Waals surface area contributed by atoms with Crippen LogP contribution >= 0.6 is 0 Å². The van der Waals surface area contributed by atoms with E-state index in [2.05, 4.69) is 225 Å². The summed E-state index contributed by atoms with van der Waals surface area (Å²) in [5.74, 6) is -0.204. The molecule has 0 aromatic heterocycles. The lowest BCUT2D eigenvalue weighted by Crippen LogP contribution is -2.28. The Kier molecular flexibility index (Phi) is 8.68. The fourth-order valence-corrected chi connectivity index (χ4v) is 11.0. The van der Waals surface area contributed by atoms with E-state index in [1.165, 1.54) is 33.4 Å². The third-order valence-electron chi connectivity index (χ3n) is 14.0. The first-order valence-corrected chi connectivity index (χ1v) is 22.2. The Labute approximate surface area is 374 Å². The Balaban J connectivity index is 1.01. The Hall–Kier alpha value is -7.81. The second kappa shape index (κ2) is 14.6. The van der Waals surface area contributed by atoms with Crippen LogP contribution in [0.5, 0.6) is 0 Å². The van der Waals surface area contributed by atoms with E-state index in [0.717, 1.165) is 67.0 Å². The van der Waals surface area contributed by atoms with Gasteiger partial charge in [-0.05, 0) is 132 Å². The molecule has 0 radical (unpaired) electrons. The molecule has 1 nitrogen and oxygen atoms in total. The number of benzene rings is 10. The second-order valence-electron chi connectivity index (χ2n) is 17.8. The quantitative estimate of drug-likeness (QED) is 0.155. The lowest BCUT2D eigenvalue weighted by molar-refractivity contribution is 0.633. The van der Waals surface area contributed by atoms with E-state index in [1.807, 2.05) is 18.2 Å². The molecule has 0 spiro atoms. The third-order valence-corrected chi connectivity index (χ3v) is 14.0. The highest BCUT2D eigenvalue weighted by molar-refractivity contribution is 6.05. The molecule has 0 N–H and O–H groups in total. The van der Waals surface area contributed by atoms with Crippen LogP contribution in [-0.2, 0) is 10.8 Å². The SMILES string of the molecule is CC1(C)c2ccccc2-c2ccc(N(c3ccc(-c4ccccc4)cc3)c3ccc(-c4ccc5c(c4)C(c4ccccc4)(c4ccccc4)c4cc(F)c6ccccc6c4-5)cc3)cc21. The van der Waals surface area contributed by atoms with Gasteiger partial charge in [-0.15, -0.1) is 0 Å². The average Bonchev–Trinajstić information content (AvgIpc) is 3.77. The first kappa shape index (κ1) is 37.9.